The third-order valence-electron chi connectivity index (χ3n) is 3.45. The minimum Gasteiger partial charge on any atom is -0.373 e. The van der Waals surface area contributed by atoms with Crippen LogP contribution in [0.5, 0.6) is 0 Å². The molecule has 0 heterocycles. The quantitative estimate of drug-likeness (QED) is 0.462. The molecule has 0 unspecified atom stereocenters. The first-order valence-electron chi connectivity index (χ1n) is 7.59. The van der Waals surface area contributed by atoms with E-state index in [0.29, 0.717) is 6.61 Å². The molecule has 0 atom stereocenters. The highest BCUT2D eigenvalue weighted by Gasteiger charge is 2.41. The Bertz CT molecular complexity index is 339. The van der Waals surface area contributed by atoms with Crippen LogP contribution in [0.2, 0.25) is 0 Å². The predicted octanol–water partition coefficient (Wildman–Crippen LogP) is 3.50. The molecule has 3 nitrogen and oxygen atoms in total. The standard InChI is InChI=1S/C16H28O3Si/c1-4-5-6-7-8-12-15-19-20(17-2,18-3)16-13-10-9-11-14-16/h9-11,13-14H,4-8,12,15H2,1-3H3. The Morgan fingerprint density at radius 3 is 2.05 bits per heavy atom. The maximum atomic E-state index is 6.02. The van der Waals surface area contributed by atoms with Crippen LogP contribution in [0.3, 0.4) is 0 Å². The maximum absolute atomic E-state index is 6.02. The fraction of sp³-hybridized carbons (Fsp3) is 0.625. The lowest BCUT2D eigenvalue weighted by Crippen LogP contribution is -2.55. The van der Waals surface area contributed by atoms with E-state index in [4.69, 9.17) is 13.3 Å². The van der Waals surface area contributed by atoms with Gasteiger partial charge in [0.1, 0.15) is 0 Å². The Morgan fingerprint density at radius 2 is 1.45 bits per heavy atom. The van der Waals surface area contributed by atoms with Crippen LogP contribution in [-0.4, -0.2) is 29.6 Å². The Balaban J connectivity index is 2.40. The van der Waals surface area contributed by atoms with Crippen LogP contribution in [0.25, 0.3) is 0 Å². The van der Waals surface area contributed by atoms with Crippen molar-refractivity contribution in [1.29, 1.82) is 0 Å². The monoisotopic (exact) mass is 296 g/mol. The Hall–Kier alpha value is -0.683. The molecule has 114 valence electrons. The lowest BCUT2D eigenvalue weighted by Gasteiger charge is -2.26. The summed E-state index contributed by atoms with van der Waals surface area (Å²) in [5, 5.41) is 1.02. The summed E-state index contributed by atoms with van der Waals surface area (Å²) in [7, 11) is 0.646. The molecule has 4 heteroatoms. The summed E-state index contributed by atoms with van der Waals surface area (Å²) in [5.41, 5.74) is 0. The third kappa shape index (κ3) is 5.36. The lowest BCUT2D eigenvalue weighted by molar-refractivity contribution is 0.111. The topological polar surface area (TPSA) is 27.7 Å². The highest BCUT2D eigenvalue weighted by Crippen LogP contribution is 2.11. The van der Waals surface area contributed by atoms with Crippen molar-refractivity contribution in [3.05, 3.63) is 30.3 Å². The molecule has 0 bridgehead atoms. The van der Waals surface area contributed by atoms with E-state index in [0.717, 1.165) is 11.6 Å². The summed E-state index contributed by atoms with van der Waals surface area (Å²) >= 11 is 0. The smallest absolute Gasteiger partial charge is 0.373 e. The van der Waals surface area contributed by atoms with Crippen molar-refractivity contribution in [1.82, 2.24) is 0 Å². The summed E-state index contributed by atoms with van der Waals surface area (Å²) in [5.74, 6) is 0. The Morgan fingerprint density at radius 1 is 0.850 bits per heavy atom. The SMILES string of the molecule is CCCCCCCCO[Si](OC)(OC)c1ccccc1. The minimum atomic E-state index is -2.69. The first-order chi connectivity index (χ1) is 9.79. The van der Waals surface area contributed by atoms with E-state index in [2.05, 4.69) is 6.92 Å². The highest BCUT2D eigenvalue weighted by atomic mass is 28.4. The van der Waals surface area contributed by atoms with Gasteiger partial charge in [-0.05, 0) is 6.42 Å². The summed E-state index contributed by atoms with van der Waals surface area (Å²) in [6.45, 7) is 2.94. The maximum Gasteiger partial charge on any atom is 0.536 e. The number of hydrogen-bond acceptors (Lipinski definition) is 3. The molecule has 0 fully saturated rings. The van der Waals surface area contributed by atoms with E-state index in [1.165, 1.54) is 32.1 Å². The second kappa shape index (κ2) is 10.1. The molecule has 0 N–H and O–H groups in total. The zero-order chi connectivity index (χ0) is 14.7. The number of unbranched alkanes of at least 4 members (excludes halogenated alkanes) is 5. The van der Waals surface area contributed by atoms with Crippen molar-refractivity contribution < 1.29 is 13.3 Å². The fourth-order valence-corrected chi connectivity index (χ4v) is 4.31. The first kappa shape index (κ1) is 17.4. The van der Waals surface area contributed by atoms with Gasteiger partial charge in [0.2, 0.25) is 0 Å². The van der Waals surface area contributed by atoms with Crippen LogP contribution in [0.4, 0.5) is 0 Å². The molecule has 1 rings (SSSR count). The Kier molecular flexibility index (Phi) is 8.77. The molecule has 1 aromatic rings. The molecular weight excluding hydrogens is 268 g/mol. The van der Waals surface area contributed by atoms with Crippen LogP contribution in [0, 0.1) is 0 Å². The molecule has 0 aromatic heterocycles. The van der Waals surface area contributed by atoms with Gasteiger partial charge in [-0.2, -0.15) is 0 Å². The van der Waals surface area contributed by atoms with E-state index < -0.39 is 8.80 Å². The highest BCUT2D eigenvalue weighted by molar-refractivity contribution is 6.75. The van der Waals surface area contributed by atoms with E-state index in [1.807, 2.05) is 30.3 Å². The molecule has 20 heavy (non-hydrogen) atoms. The van der Waals surface area contributed by atoms with Gasteiger partial charge in [0.25, 0.3) is 0 Å². The molecule has 0 spiro atoms. The number of hydrogen-bond donors (Lipinski definition) is 0. The molecule has 0 aliphatic carbocycles. The summed E-state index contributed by atoms with van der Waals surface area (Å²) in [6, 6.07) is 10.00. The Labute approximate surface area is 124 Å². The van der Waals surface area contributed by atoms with Crippen molar-refractivity contribution >= 4 is 14.0 Å². The predicted molar refractivity (Wildman–Crippen MR) is 85.2 cm³/mol. The molecule has 0 saturated carbocycles. The van der Waals surface area contributed by atoms with Gasteiger partial charge in [-0.1, -0.05) is 69.4 Å². The summed E-state index contributed by atoms with van der Waals surface area (Å²) < 4.78 is 17.2. The average Bonchev–Trinajstić information content (AvgIpc) is 2.52. The van der Waals surface area contributed by atoms with E-state index in [1.54, 1.807) is 14.2 Å². The second-order valence-corrected chi connectivity index (χ2v) is 7.74. The third-order valence-corrected chi connectivity index (χ3v) is 6.15. The number of rotatable bonds is 11. The molecule has 1 aromatic carbocycles. The normalized spacial score (nSPS) is 11.8. The largest absolute Gasteiger partial charge is 0.536 e. The van der Waals surface area contributed by atoms with E-state index >= 15 is 0 Å². The summed E-state index contributed by atoms with van der Waals surface area (Å²) in [6.07, 6.45) is 7.52. The van der Waals surface area contributed by atoms with Crippen LogP contribution < -0.4 is 5.19 Å². The number of benzene rings is 1. The zero-order valence-electron chi connectivity index (χ0n) is 13.1. The molecule has 0 amide bonds. The zero-order valence-corrected chi connectivity index (χ0v) is 14.1. The van der Waals surface area contributed by atoms with Gasteiger partial charge in [0, 0.05) is 26.0 Å². The minimum absolute atomic E-state index is 0.703. The van der Waals surface area contributed by atoms with Crippen molar-refractivity contribution in [2.75, 3.05) is 20.8 Å². The van der Waals surface area contributed by atoms with Gasteiger partial charge < -0.3 is 13.3 Å². The van der Waals surface area contributed by atoms with Crippen molar-refractivity contribution in [2.45, 2.75) is 45.4 Å². The molecule has 0 aliphatic rings. The van der Waals surface area contributed by atoms with Crippen LogP contribution in [0.1, 0.15) is 45.4 Å². The summed E-state index contributed by atoms with van der Waals surface area (Å²) in [4.78, 5) is 0. The van der Waals surface area contributed by atoms with Crippen LogP contribution in [-0.2, 0) is 13.3 Å². The van der Waals surface area contributed by atoms with Gasteiger partial charge in [0.15, 0.2) is 0 Å². The molecule has 0 radical (unpaired) electrons. The van der Waals surface area contributed by atoms with Crippen molar-refractivity contribution in [3.8, 4) is 0 Å². The van der Waals surface area contributed by atoms with Crippen molar-refractivity contribution in [3.63, 3.8) is 0 Å². The van der Waals surface area contributed by atoms with Gasteiger partial charge >= 0.3 is 8.80 Å². The van der Waals surface area contributed by atoms with Crippen molar-refractivity contribution in [2.24, 2.45) is 0 Å². The first-order valence-corrected chi connectivity index (χ1v) is 9.31. The lowest BCUT2D eigenvalue weighted by atomic mass is 10.1. The van der Waals surface area contributed by atoms with Gasteiger partial charge in [-0.15, -0.1) is 0 Å². The van der Waals surface area contributed by atoms with Crippen LogP contribution >= 0.6 is 0 Å². The molecule has 0 aliphatic heterocycles. The fourth-order valence-electron chi connectivity index (χ4n) is 2.25. The van der Waals surface area contributed by atoms with Gasteiger partial charge in [-0.3, -0.25) is 0 Å². The van der Waals surface area contributed by atoms with Crippen LogP contribution in [0.15, 0.2) is 30.3 Å². The second-order valence-electron chi connectivity index (χ2n) is 4.95. The average molecular weight is 296 g/mol. The molecular formula is C16H28O3Si. The van der Waals surface area contributed by atoms with E-state index in [9.17, 15) is 0 Å². The van der Waals surface area contributed by atoms with E-state index in [-0.39, 0.29) is 0 Å². The van der Waals surface area contributed by atoms with Gasteiger partial charge in [-0.25, -0.2) is 0 Å². The molecule has 0 saturated heterocycles. The van der Waals surface area contributed by atoms with Gasteiger partial charge in [0.05, 0.1) is 0 Å².